The molecule has 0 saturated heterocycles. The van der Waals surface area contributed by atoms with Crippen LogP contribution in [0.4, 0.5) is 18.9 Å². The molecule has 0 aliphatic rings. The molecule has 9 heteroatoms. The van der Waals surface area contributed by atoms with E-state index >= 15 is 0 Å². The molecule has 0 amide bonds. The van der Waals surface area contributed by atoms with Gasteiger partial charge >= 0.3 is 6.36 Å². The van der Waals surface area contributed by atoms with Gasteiger partial charge in [-0.3, -0.25) is 10.4 Å². The number of rotatable bonds is 7. The lowest BCUT2D eigenvalue weighted by Gasteiger charge is -2.13. The molecule has 0 aromatic heterocycles. The predicted molar refractivity (Wildman–Crippen MR) is 138 cm³/mol. The average molecular weight is 499 g/mol. The highest BCUT2D eigenvalue weighted by molar-refractivity contribution is 7.80. The summed E-state index contributed by atoms with van der Waals surface area (Å²) in [6, 6.07) is 19.4. The van der Waals surface area contributed by atoms with Crippen LogP contribution in [0.3, 0.4) is 0 Å². The van der Waals surface area contributed by atoms with Crippen LogP contribution in [0.5, 0.6) is 5.75 Å². The van der Waals surface area contributed by atoms with Crippen molar-refractivity contribution in [2.75, 3.05) is 5.32 Å². The number of nitrogens with one attached hydrogen (secondary N) is 2. The van der Waals surface area contributed by atoms with Crippen molar-refractivity contribution < 1.29 is 17.9 Å². The zero-order chi connectivity index (χ0) is 25.4. The summed E-state index contributed by atoms with van der Waals surface area (Å²) in [5.74, 6) is -0.273. The molecule has 3 aromatic carbocycles. The predicted octanol–water partition coefficient (Wildman–Crippen LogP) is 6.53. The van der Waals surface area contributed by atoms with Crippen molar-refractivity contribution >= 4 is 34.9 Å². The molecule has 0 fully saturated rings. The number of hydrogen-bond donors (Lipinski definition) is 2. The summed E-state index contributed by atoms with van der Waals surface area (Å²) in [4.78, 5) is 4.42. The highest BCUT2D eigenvalue weighted by atomic mass is 32.1. The summed E-state index contributed by atoms with van der Waals surface area (Å²) in [6.07, 6.45) is -3.12. The molecule has 0 heterocycles. The number of halogens is 3. The number of para-hydroxylation sites is 2. The molecule has 3 rings (SSSR count). The van der Waals surface area contributed by atoms with Gasteiger partial charge in [0, 0.05) is 17.0 Å². The van der Waals surface area contributed by atoms with E-state index in [0.29, 0.717) is 22.9 Å². The molecular formula is C26H25F3N4OS. The maximum absolute atomic E-state index is 12.6. The summed E-state index contributed by atoms with van der Waals surface area (Å²) in [5.41, 5.74) is 8.42. The molecule has 182 valence electrons. The quantitative estimate of drug-likeness (QED) is 0.221. The van der Waals surface area contributed by atoms with Crippen molar-refractivity contribution in [3.8, 4) is 5.75 Å². The third-order valence-corrected chi connectivity index (χ3v) is 5.27. The van der Waals surface area contributed by atoms with E-state index in [1.54, 1.807) is 25.3 Å². The van der Waals surface area contributed by atoms with E-state index in [1.165, 1.54) is 12.1 Å². The molecule has 0 spiro atoms. The molecular weight excluding hydrogens is 473 g/mol. The minimum Gasteiger partial charge on any atom is -0.405 e. The number of benzene rings is 3. The standard InChI is InChI=1S/C26H25F3N4OS/c1-17-7-6-8-18(2)24(17)32-25(35)33-31-16-21-13-11-20(12-14-21)15-30-19(3)22-9-4-5-10-23(22)34-26(27,28)29/h4-14,16H,15H2,1-3H3,(H2,32,33,35)/b30-19?,31-16+. The molecule has 0 aliphatic carbocycles. The lowest BCUT2D eigenvalue weighted by molar-refractivity contribution is -0.274. The van der Waals surface area contributed by atoms with Crippen LogP contribution in [0.25, 0.3) is 0 Å². The second kappa shape index (κ2) is 11.6. The fourth-order valence-electron chi connectivity index (χ4n) is 3.30. The van der Waals surface area contributed by atoms with Crippen molar-refractivity contribution in [3.63, 3.8) is 0 Å². The topological polar surface area (TPSA) is 58.0 Å². The monoisotopic (exact) mass is 498 g/mol. The van der Waals surface area contributed by atoms with Crippen molar-refractivity contribution in [2.45, 2.75) is 33.7 Å². The molecule has 0 atom stereocenters. The van der Waals surface area contributed by atoms with Gasteiger partial charge < -0.3 is 10.1 Å². The van der Waals surface area contributed by atoms with Crippen molar-refractivity contribution in [3.05, 3.63) is 94.5 Å². The maximum atomic E-state index is 12.6. The molecule has 0 saturated carbocycles. The van der Waals surface area contributed by atoms with Gasteiger partial charge in [0.25, 0.3) is 0 Å². The Kier molecular flexibility index (Phi) is 8.59. The third-order valence-electron chi connectivity index (χ3n) is 5.08. The van der Waals surface area contributed by atoms with E-state index in [4.69, 9.17) is 12.2 Å². The first-order valence-corrected chi connectivity index (χ1v) is 11.1. The fourth-order valence-corrected chi connectivity index (χ4v) is 3.46. The second-order valence-electron chi connectivity index (χ2n) is 7.78. The lowest BCUT2D eigenvalue weighted by Crippen LogP contribution is -2.24. The molecule has 0 radical (unpaired) electrons. The van der Waals surface area contributed by atoms with Crippen molar-refractivity contribution in [1.29, 1.82) is 0 Å². The SMILES string of the molecule is CC(=NCc1ccc(/C=N/NC(=S)Nc2c(C)cccc2C)cc1)c1ccccc1OC(F)(F)F. The zero-order valence-corrected chi connectivity index (χ0v) is 20.3. The highest BCUT2D eigenvalue weighted by Crippen LogP contribution is 2.27. The zero-order valence-electron chi connectivity index (χ0n) is 19.5. The first-order chi connectivity index (χ1) is 16.6. The molecule has 3 aromatic rings. The summed E-state index contributed by atoms with van der Waals surface area (Å²) < 4.78 is 42.1. The van der Waals surface area contributed by atoms with Gasteiger partial charge in [-0.15, -0.1) is 13.2 Å². The van der Waals surface area contributed by atoms with E-state index in [9.17, 15) is 13.2 Å². The van der Waals surface area contributed by atoms with Crippen LogP contribution in [-0.4, -0.2) is 23.4 Å². The molecule has 0 aliphatic heterocycles. The second-order valence-corrected chi connectivity index (χ2v) is 8.19. The van der Waals surface area contributed by atoms with Gasteiger partial charge in [0.05, 0.1) is 12.8 Å². The van der Waals surface area contributed by atoms with Crippen LogP contribution in [0.2, 0.25) is 0 Å². The van der Waals surface area contributed by atoms with Crippen LogP contribution in [0.15, 0.2) is 76.8 Å². The molecule has 5 nitrogen and oxygen atoms in total. The minimum atomic E-state index is -4.76. The Morgan fingerprint density at radius 3 is 2.29 bits per heavy atom. The number of aliphatic imine (C=N–C) groups is 1. The number of hydrogen-bond acceptors (Lipinski definition) is 4. The number of anilines is 1. The van der Waals surface area contributed by atoms with E-state index in [-0.39, 0.29) is 5.75 Å². The van der Waals surface area contributed by atoms with Crippen LogP contribution >= 0.6 is 12.2 Å². The van der Waals surface area contributed by atoms with Gasteiger partial charge in [0.2, 0.25) is 0 Å². The number of alkyl halides is 3. The number of ether oxygens (including phenoxy) is 1. The fraction of sp³-hybridized carbons (Fsp3) is 0.192. The molecule has 2 N–H and O–H groups in total. The smallest absolute Gasteiger partial charge is 0.405 e. The summed E-state index contributed by atoms with van der Waals surface area (Å²) in [5, 5.41) is 7.70. The Morgan fingerprint density at radius 1 is 0.971 bits per heavy atom. The lowest BCUT2D eigenvalue weighted by atomic mass is 10.1. The third kappa shape index (κ3) is 7.92. The van der Waals surface area contributed by atoms with Gasteiger partial charge in [0.15, 0.2) is 5.11 Å². The first-order valence-electron chi connectivity index (χ1n) is 10.7. The molecule has 0 unspecified atom stereocenters. The van der Waals surface area contributed by atoms with Crippen molar-refractivity contribution in [1.82, 2.24) is 5.43 Å². The summed E-state index contributed by atoms with van der Waals surface area (Å²) >= 11 is 5.31. The largest absolute Gasteiger partial charge is 0.573 e. The Labute approximate surface area is 207 Å². The Bertz CT molecular complexity index is 1220. The Balaban J connectivity index is 1.57. The molecule has 0 bridgehead atoms. The van der Waals surface area contributed by atoms with E-state index in [0.717, 1.165) is 27.9 Å². The van der Waals surface area contributed by atoms with Crippen LogP contribution in [0.1, 0.15) is 34.7 Å². The first kappa shape index (κ1) is 25.9. The number of nitrogens with zero attached hydrogens (tertiary/aromatic N) is 2. The Morgan fingerprint density at radius 2 is 1.63 bits per heavy atom. The van der Waals surface area contributed by atoms with Gasteiger partial charge in [0.1, 0.15) is 5.75 Å². The van der Waals surface area contributed by atoms with Crippen LogP contribution in [-0.2, 0) is 6.54 Å². The number of hydrazone groups is 1. The van der Waals surface area contributed by atoms with Crippen LogP contribution in [0, 0.1) is 13.8 Å². The van der Waals surface area contributed by atoms with E-state index in [1.807, 2.05) is 56.3 Å². The van der Waals surface area contributed by atoms with E-state index < -0.39 is 6.36 Å². The van der Waals surface area contributed by atoms with E-state index in [2.05, 4.69) is 25.6 Å². The summed E-state index contributed by atoms with van der Waals surface area (Å²) in [7, 11) is 0. The summed E-state index contributed by atoms with van der Waals surface area (Å²) in [6.45, 7) is 5.97. The Hall–Kier alpha value is -3.72. The average Bonchev–Trinajstić information content (AvgIpc) is 2.80. The maximum Gasteiger partial charge on any atom is 0.573 e. The number of thiocarbonyl (C=S) groups is 1. The minimum absolute atomic E-state index is 0.273. The van der Waals surface area contributed by atoms with Gasteiger partial charge in [-0.05, 0) is 67.4 Å². The highest BCUT2D eigenvalue weighted by Gasteiger charge is 2.32. The normalized spacial score (nSPS) is 12.0. The molecule has 35 heavy (non-hydrogen) atoms. The van der Waals surface area contributed by atoms with Crippen molar-refractivity contribution in [2.24, 2.45) is 10.1 Å². The number of aryl methyl sites for hydroxylation is 2. The van der Waals surface area contributed by atoms with Gasteiger partial charge in [-0.1, -0.05) is 54.6 Å². The van der Waals surface area contributed by atoms with Gasteiger partial charge in [-0.2, -0.15) is 5.10 Å². The van der Waals surface area contributed by atoms with Gasteiger partial charge in [-0.25, -0.2) is 0 Å². The van der Waals surface area contributed by atoms with Crippen LogP contribution < -0.4 is 15.5 Å².